The first-order valence-electron chi connectivity index (χ1n) is 8.79. The molecule has 2 aromatic carbocycles. The van der Waals surface area contributed by atoms with Gasteiger partial charge in [0.1, 0.15) is 9.96 Å². The minimum absolute atomic E-state index is 0.0789. The van der Waals surface area contributed by atoms with E-state index in [0.29, 0.717) is 5.56 Å². The van der Waals surface area contributed by atoms with Gasteiger partial charge in [0.05, 0.1) is 17.5 Å². The Bertz CT molecular complexity index is 1210. The molecular weight excluding hydrogens is 442 g/mol. The topological polar surface area (TPSA) is 134 Å². The average Bonchev–Trinajstić information content (AvgIpc) is 3.29. The van der Waals surface area contributed by atoms with Gasteiger partial charge in [0.15, 0.2) is 6.61 Å². The van der Waals surface area contributed by atoms with Crippen molar-refractivity contribution in [2.75, 3.05) is 11.3 Å². The summed E-state index contributed by atoms with van der Waals surface area (Å²) in [4.78, 5) is 23.2. The van der Waals surface area contributed by atoms with Crippen LogP contribution in [0.1, 0.15) is 15.9 Å². The molecule has 0 radical (unpaired) electrons. The molecule has 0 saturated carbocycles. The van der Waals surface area contributed by atoms with E-state index in [1.807, 2.05) is 0 Å². The van der Waals surface area contributed by atoms with E-state index in [2.05, 4.69) is 15.2 Å². The highest BCUT2D eigenvalue weighted by Gasteiger charge is 2.19. The minimum atomic E-state index is -3.82. The molecule has 0 aliphatic heterocycles. The summed E-state index contributed by atoms with van der Waals surface area (Å²) in [7, 11) is -3.82. The SMILES string of the molecule is O=C(O)COc1ccccc1/C=N/NC(=O)c1ccccc1NS(=O)(=O)c1cccs1. The molecule has 0 saturated heterocycles. The highest BCUT2D eigenvalue weighted by Crippen LogP contribution is 2.23. The molecule has 0 bridgehead atoms. The summed E-state index contributed by atoms with van der Waals surface area (Å²) in [6, 6.07) is 15.8. The van der Waals surface area contributed by atoms with E-state index in [9.17, 15) is 18.0 Å². The van der Waals surface area contributed by atoms with Gasteiger partial charge in [-0.15, -0.1) is 11.3 Å². The smallest absolute Gasteiger partial charge is 0.341 e. The van der Waals surface area contributed by atoms with Crippen molar-refractivity contribution in [1.29, 1.82) is 0 Å². The summed E-state index contributed by atoms with van der Waals surface area (Å²) in [5, 5.41) is 14.2. The second-order valence-electron chi connectivity index (χ2n) is 6.00. The lowest BCUT2D eigenvalue weighted by molar-refractivity contribution is -0.139. The van der Waals surface area contributed by atoms with Crippen LogP contribution in [0.5, 0.6) is 5.75 Å². The van der Waals surface area contributed by atoms with E-state index in [1.54, 1.807) is 47.8 Å². The monoisotopic (exact) mass is 459 g/mol. The summed E-state index contributed by atoms with van der Waals surface area (Å²) >= 11 is 1.06. The predicted molar refractivity (Wildman–Crippen MR) is 116 cm³/mol. The van der Waals surface area contributed by atoms with Gasteiger partial charge >= 0.3 is 5.97 Å². The van der Waals surface area contributed by atoms with E-state index in [-0.39, 0.29) is 21.2 Å². The number of aliphatic carboxylic acids is 1. The Morgan fingerprint density at radius 1 is 1.06 bits per heavy atom. The van der Waals surface area contributed by atoms with Gasteiger partial charge in [0, 0.05) is 5.56 Å². The number of anilines is 1. The molecule has 11 heteroatoms. The highest BCUT2D eigenvalue weighted by atomic mass is 32.2. The van der Waals surface area contributed by atoms with Crippen molar-refractivity contribution < 1.29 is 27.9 Å². The van der Waals surface area contributed by atoms with Crippen LogP contribution in [0.3, 0.4) is 0 Å². The molecule has 0 unspecified atom stereocenters. The molecule has 0 atom stereocenters. The predicted octanol–water partition coefficient (Wildman–Crippen LogP) is 2.78. The number of carboxylic acids is 1. The lowest BCUT2D eigenvalue weighted by Crippen LogP contribution is -2.21. The zero-order valence-corrected chi connectivity index (χ0v) is 17.5. The second kappa shape index (κ2) is 9.87. The number of ether oxygens (including phenoxy) is 1. The number of nitrogens with zero attached hydrogens (tertiary/aromatic N) is 1. The average molecular weight is 460 g/mol. The molecule has 1 amide bonds. The maximum Gasteiger partial charge on any atom is 0.341 e. The fourth-order valence-electron chi connectivity index (χ4n) is 2.46. The van der Waals surface area contributed by atoms with Crippen molar-refractivity contribution in [2.24, 2.45) is 5.10 Å². The third kappa shape index (κ3) is 5.90. The van der Waals surface area contributed by atoms with Gasteiger partial charge in [0.2, 0.25) is 0 Å². The van der Waals surface area contributed by atoms with Crippen LogP contribution in [0.15, 0.2) is 75.4 Å². The lowest BCUT2D eigenvalue weighted by atomic mass is 10.2. The van der Waals surface area contributed by atoms with Crippen LogP contribution in [0.2, 0.25) is 0 Å². The lowest BCUT2D eigenvalue weighted by Gasteiger charge is -2.10. The van der Waals surface area contributed by atoms with Crippen molar-refractivity contribution >= 4 is 45.1 Å². The van der Waals surface area contributed by atoms with Crippen LogP contribution in [0.25, 0.3) is 0 Å². The van der Waals surface area contributed by atoms with Crippen molar-refractivity contribution in [1.82, 2.24) is 5.43 Å². The zero-order valence-electron chi connectivity index (χ0n) is 15.9. The third-order valence-electron chi connectivity index (χ3n) is 3.82. The number of benzene rings is 2. The Kier molecular flexibility index (Phi) is 7.00. The molecule has 3 N–H and O–H groups in total. The van der Waals surface area contributed by atoms with E-state index in [1.165, 1.54) is 24.4 Å². The number of hydrogen-bond acceptors (Lipinski definition) is 7. The summed E-state index contributed by atoms with van der Waals surface area (Å²) in [5.74, 6) is -1.47. The molecule has 160 valence electrons. The first kappa shape index (κ1) is 22.0. The molecular formula is C20H17N3O6S2. The number of carbonyl (C=O) groups excluding carboxylic acids is 1. The van der Waals surface area contributed by atoms with Gasteiger partial charge in [-0.25, -0.2) is 18.6 Å². The van der Waals surface area contributed by atoms with Gasteiger partial charge in [-0.1, -0.05) is 30.3 Å². The Balaban J connectivity index is 1.73. The number of hydrazone groups is 1. The van der Waals surface area contributed by atoms with Gasteiger partial charge in [-0.05, 0) is 35.7 Å². The normalized spacial score (nSPS) is 11.2. The zero-order chi connectivity index (χ0) is 22.3. The quantitative estimate of drug-likeness (QED) is 0.333. The van der Waals surface area contributed by atoms with Crippen LogP contribution < -0.4 is 14.9 Å². The van der Waals surface area contributed by atoms with Crippen LogP contribution >= 0.6 is 11.3 Å². The summed E-state index contributed by atoms with van der Waals surface area (Å²) in [6.45, 7) is -0.519. The minimum Gasteiger partial charge on any atom is -0.481 e. The van der Waals surface area contributed by atoms with Gasteiger partial charge < -0.3 is 9.84 Å². The van der Waals surface area contributed by atoms with Crippen LogP contribution in [-0.2, 0) is 14.8 Å². The van der Waals surface area contributed by atoms with E-state index >= 15 is 0 Å². The summed E-state index contributed by atoms with van der Waals surface area (Å²) < 4.78 is 32.6. The van der Waals surface area contributed by atoms with Crippen molar-refractivity contribution in [3.05, 3.63) is 77.2 Å². The molecule has 0 fully saturated rings. The van der Waals surface area contributed by atoms with Crippen molar-refractivity contribution in [3.63, 3.8) is 0 Å². The van der Waals surface area contributed by atoms with Gasteiger partial charge in [-0.3, -0.25) is 9.52 Å². The molecule has 3 aromatic rings. The van der Waals surface area contributed by atoms with Crippen molar-refractivity contribution in [3.8, 4) is 5.75 Å². The van der Waals surface area contributed by atoms with E-state index < -0.39 is 28.5 Å². The van der Waals surface area contributed by atoms with Crippen LogP contribution in [0, 0.1) is 0 Å². The van der Waals surface area contributed by atoms with E-state index in [4.69, 9.17) is 9.84 Å². The maximum atomic E-state index is 12.6. The standard InChI is InChI=1S/C20H17N3O6S2/c24-18(25)13-29-17-9-4-1-6-14(17)12-21-22-20(26)15-7-2-3-8-16(15)23-31(27,28)19-10-5-11-30-19/h1-12,23H,13H2,(H,22,26)(H,24,25)/b21-12+. The second-order valence-corrected chi connectivity index (χ2v) is 8.86. The van der Waals surface area contributed by atoms with Crippen molar-refractivity contribution in [2.45, 2.75) is 4.21 Å². The first-order valence-corrected chi connectivity index (χ1v) is 11.2. The fourth-order valence-corrected chi connectivity index (χ4v) is 4.53. The highest BCUT2D eigenvalue weighted by molar-refractivity contribution is 7.94. The number of sulfonamides is 1. The van der Waals surface area contributed by atoms with Gasteiger partial charge in [-0.2, -0.15) is 5.10 Å². The molecule has 0 aliphatic carbocycles. The largest absolute Gasteiger partial charge is 0.481 e. The number of amides is 1. The number of thiophene rings is 1. The number of rotatable bonds is 9. The number of carbonyl (C=O) groups is 2. The molecule has 3 rings (SSSR count). The number of carboxylic acid groups (broad SMARTS) is 1. The number of nitrogens with one attached hydrogen (secondary N) is 2. The molecule has 0 aliphatic rings. The Morgan fingerprint density at radius 3 is 2.55 bits per heavy atom. The molecule has 1 heterocycles. The van der Waals surface area contributed by atoms with E-state index in [0.717, 1.165) is 11.3 Å². The van der Waals surface area contributed by atoms with Crippen LogP contribution in [0.4, 0.5) is 5.69 Å². The van der Waals surface area contributed by atoms with Crippen LogP contribution in [-0.4, -0.2) is 38.2 Å². The summed E-state index contributed by atoms with van der Waals surface area (Å²) in [5.41, 5.74) is 2.97. The number of hydrogen-bond donors (Lipinski definition) is 3. The first-order chi connectivity index (χ1) is 14.9. The van der Waals surface area contributed by atoms with Gasteiger partial charge in [0.25, 0.3) is 15.9 Å². The molecule has 1 aromatic heterocycles. The molecule has 9 nitrogen and oxygen atoms in total. The Morgan fingerprint density at radius 2 is 1.81 bits per heavy atom. The molecule has 31 heavy (non-hydrogen) atoms. The maximum absolute atomic E-state index is 12.6. The Labute approximate surface area is 182 Å². The molecule has 0 spiro atoms. The number of para-hydroxylation sites is 2. The third-order valence-corrected chi connectivity index (χ3v) is 6.58. The fraction of sp³-hybridized carbons (Fsp3) is 0.0500. The Hall–Kier alpha value is -3.70. The summed E-state index contributed by atoms with van der Waals surface area (Å²) in [6.07, 6.45) is 1.30.